The van der Waals surface area contributed by atoms with Crippen LogP contribution in [-0.2, 0) is 4.79 Å². The van der Waals surface area contributed by atoms with Crippen molar-refractivity contribution in [2.45, 2.75) is 0 Å². The predicted octanol–water partition coefficient (Wildman–Crippen LogP) is 5.56. The third-order valence-corrected chi connectivity index (χ3v) is 4.77. The van der Waals surface area contributed by atoms with Gasteiger partial charge in [0.05, 0.1) is 5.69 Å². The summed E-state index contributed by atoms with van der Waals surface area (Å²) in [4.78, 5) is 18.9. The zero-order valence-corrected chi connectivity index (χ0v) is 16.0. The van der Waals surface area contributed by atoms with E-state index in [0.29, 0.717) is 17.1 Å². The van der Waals surface area contributed by atoms with Crippen LogP contribution in [-0.4, -0.2) is 11.7 Å². The zero-order chi connectivity index (χ0) is 19.7. The first kappa shape index (κ1) is 18.3. The van der Waals surface area contributed by atoms with Crippen molar-refractivity contribution in [3.8, 4) is 0 Å². The van der Waals surface area contributed by atoms with Gasteiger partial charge < -0.3 is 0 Å². The third-order valence-electron chi connectivity index (χ3n) is 4.25. The Morgan fingerprint density at radius 2 is 1.57 bits per heavy atom. The van der Waals surface area contributed by atoms with E-state index in [9.17, 15) is 13.6 Å². The minimum Gasteiger partial charge on any atom is -0.266 e. The fourth-order valence-electron chi connectivity index (χ4n) is 2.88. The van der Waals surface area contributed by atoms with Crippen molar-refractivity contribution in [1.29, 1.82) is 0 Å². The predicted molar refractivity (Wildman–Crippen MR) is 109 cm³/mol. The van der Waals surface area contributed by atoms with Crippen LogP contribution in [0.1, 0.15) is 11.1 Å². The number of amidine groups is 1. The van der Waals surface area contributed by atoms with E-state index in [-0.39, 0.29) is 11.3 Å². The molecule has 1 heterocycles. The molecule has 0 aromatic heterocycles. The summed E-state index contributed by atoms with van der Waals surface area (Å²) in [5.41, 5.74) is 1.56. The second kappa shape index (κ2) is 7.48. The van der Waals surface area contributed by atoms with Crippen LogP contribution in [0.2, 0.25) is 0 Å². The number of aliphatic imine (C=N–C) groups is 1. The molecule has 0 atom stereocenters. The number of halogens is 3. The Kier molecular flexibility index (Phi) is 4.88. The normalized spacial score (nSPS) is 15.2. The minimum atomic E-state index is -0.441. The van der Waals surface area contributed by atoms with Crippen molar-refractivity contribution in [1.82, 2.24) is 0 Å². The molecule has 6 heteroatoms. The second-order valence-electron chi connectivity index (χ2n) is 6.11. The maximum Gasteiger partial charge on any atom is 0.282 e. The van der Waals surface area contributed by atoms with Gasteiger partial charge in [-0.3, -0.25) is 9.69 Å². The van der Waals surface area contributed by atoms with Crippen LogP contribution >= 0.6 is 15.9 Å². The largest absolute Gasteiger partial charge is 0.282 e. The van der Waals surface area contributed by atoms with E-state index in [4.69, 9.17) is 0 Å². The van der Waals surface area contributed by atoms with E-state index >= 15 is 0 Å². The Morgan fingerprint density at radius 3 is 2.25 bits per heavy atom. The van der Waals surface area contributed by atoms with Gasteiger partial charge in [-0.1, -0.05) is 46.3 Å². The van der Waals surface area contributed by atoms with Crippen LogP contribution in [0, 0.1) is 11.6 Å². The maximum atomic E-state index is 14.0. The summed E-state index contributed by atoms with van der Waals surface area (Å²) in [7, 11) is 0. The van der Waals surface area contributed by atoms with Gasteiger partial charge in [0.15, 0.2) is 0 Å². The highest BCUT2D eigenvalue weighted by atomic mass is 79.9. The number of nitrogens with zero attached hydrogens (tertiary/aromatic N) is 2. The number of hydrogen-bond acceptors (Lipinski definition) is 2. The molecule has 3 aromatic carbocycles. The Labute approximate surface area is 168 Å². The van der Waals surface area contributed by atoms with Crippen molar-refractivity contribution in [2.75, 3.05) is 4.90 Å². The molecule has 0 radical (unpaired) electrons. The molecule has 1 aliphatic rings. The molecule has 0 N–H and O–H groups in total. The van der Waals surface area contributed by atoms with Gasteiger partial charge in [-0.15, -0.1) is 0 Å². The average Bonchev–Trinajstić information content (AvgIpc) is 3.01. The quantitative estimate of drug-likeness (QED) is 0.492. The smallest absolute Gasteiger partial charge is 0.266 e. The van der Waals surface area contributed by atoms with Crippen molar-refractivity contribution in [2.24, 2.45) is 4.99 Å². The lowest BCUT2D eigenvalue weighted by Gasteiger charge is -2.18. The van der Waals surface area contributed by atoms with Gasteiger partial charge in [0.25, 0.3) is 5.91 Å². The van der Waals surface area contributed by atoms with Crippen molar-refractivity contribution >= 4 is 39.4 Å². The second-order valence-corrected chi connectivity index (χ2v) is 7.03. The number of benzene rings is 3. The van der Waals surface area contributed by atoms with Crippen LogP contribution in [0.25, 0.3) is 6.08 Å². The monoisotopic (exact) mass is 438 g/mol. The third kappa shape index (κ3) is 3.51. The van der Waals surface area contributed by atoms with Crippen LogP contribution in [0.15, 0.2) is 88.0 Å². The topological polar surface area (TPSA) is 32.7 Å². The van der Waals surface area contributed by atoms with Crippen LogP contribution in [0.5, 0.6) is 0 Å². The molecule has 0 fully saturated rings. The van der Waals surface area contributed by atoms with Crippen LogP contribution in [0.3, 0.4) is 0 Å². The van der Waals surface area contributed by atoms with Gasteiger partial charge in [0, 0.05) is 15.6 Å². The van der Waals surface area contributed by atoms with E-state index in [2.05, 4.69) is 20.9 Å². The van der Waals surface area contributed by atoms with E-state index in [0.717, 1.165) is 4.47 Å². The summed E-state index contributed by atoms with van der Waals surface area (Å²) >= 11 is 3.38. The summed E-state index contributed by atoms with van der Waals surface area (Å²) in [6, 6.07) is 19.0. The Bertz CT molecular complexity index is 1110. The molecule has 0 spiro atoms. The van der Waals surface area contributed by atoms with E-state index in [1.807, 2.05) is 24.3 Å². The first-order valence-electron chi connectivity index (χ1n) is 8.44. The minimum absolute atomic E-state index is 0.104. The number of amides is 1. The first-order chi connectivity index (χ1) is 13.5. The van der Waals surface area contributed by atoms with Gasteiger partial charge in [-0.05, 0) is 48.5 Å². The standard InChI is InChI=1S/C22H13BrF2N2O/c23-16-7-5-14(6-8-16)21-26-20(13-15-3-1-2-4-19(15)25)22(28)27(21)18-11-9-17(24)10-12-18/h1-13H/b20-13+. The maximum absolute atomic E-state index is 14.0. The molecular weight excluding hydrogens is 426 g/mol. The average molecular weight is 439 g/mol. The van der Waals surface area contributed by atoms with Crippen molar-refractivity contribution in [3.63, 3.8) is 0 Å². The molecule has 0 unspecified atom stereocenters. The summed E-state index contributed by atoms with van der Waals surface area (Å²) in [5.74, 6) is -0.859. The number of anilines is 1. The van der Waals surface area contributed by atoms with Gasteiger partial charge in [0.1, 0.15) is 23.2 Å². The van der Waals surface area contributed by atoms with Gasteiger partial charge in [-0.2, -0.15) is 0 Å². The van der Waals surface area contributed by atoms with E-state index in [1.54, 1.807) is 18.2 Å². The lowest BCUT2D eigenvalue weighted by molar-refractivity contribution is -0.113. The summed E-state index contributed by atoms with van der Waals surface area (Å²) in [6.07, 6.45) is 1.42. The van der Waals surface area contributed by atoms with E-state index < -0.39 is 17.5 Å². The summed E-state index contributed by atoms with van der Waals surface area (Å²) in [5, 5.41) is 0. The molecular formula is C22H13BrF2N2O. The number of carbonyl (C=O) groups is 1. The SMILES string of the molecule is O=C1/C(=C\c2ccccc2F)N=C(c2ccc(Br)cc2)N1c1ccc(F)cc1. The molecule has 0 bridgehead atoms. The van der Waals surface area contributed by atoms with E-state index in [1.165, 1.54) is 41.3 Å². The summed E-state index contributed by atoms with van der Waals surface area (Å²) < 4.78 is 28.3. The van der Waals surface area contributed by atoms with Gasteiger partial charge >= 0.3 is 0 Å². The highest BCUT2D eigenvalue weighted by molar-refractivity contribution is 9.10. The molecule has 0 aliphatic carbocycles. The fourth-order valence-corrected chi connectivity index (χ4v) is 3.14. The highest BCUT2D eigenvalue weighted by Crippen LogP contribution is 2.29. The van der Waals surface area contributed by atoms with Crippen molar-refractivity contribution in [3.05, 3.63) is 106 Å². The molecule has 4 rings (SSSR count). The van der Waals surface area contributed by atoms with Gasteiger partial charge in [-0.25, -0.2) is 13.8 Å². The molecule has 3 nitrogen and oxygen atoms in total. The summed E-state index contributed by atoms with van der Waals surface area (Å²) in [6.45, 7) is 0. The molecule has 1 aliphatic heterocycles. The number of carbonyl (C=O) groups excluding carboxylic acids is 1. The molecule has 3 aromatic rings. The number of hydrogen-bond donors (Lipinski definition) is 0. The lowest BCUT2D eigenvalue weighted by Crippen LogP contribution is -2.32. The van der Waals surface area contributed by atoms with Gasteiger partial charge in [0.2, 0.25) is 0 Å². The molecule has 28 heavy (non-hydrogen) atoms. The number of rotatable bonds is 3. The zero-order valence-electron chi connectivity index (χ0n) is 14.4. The lowest BCUT2D eigenvalue weighted by atomic mass is 10.1. The molecule has 138 valence electrons. The highest BCUT2D eigenvalue weighted by Gasteiger charge is 2.32. The first-order valence-corrected chi connectivity index (χ1v) is 9.23. The van der Waals surface area contributed by atoms with Crippen LogP contribution in [0.4, 0.5) is 14.5 Å². The molecule has 0 saturated heterocycles. The van der Waals surface area contributed by atoms with Crippen molar-refractivity contribution < 1.29 is 13.6 Å². The molecule has 1 amide bonds. The Hall–Kier alpha value is -3.12. The van der Waals surface area contributed by atoms with Crippen LogP contribution < -0.4 is 4.90 Å². The molecule has 0 saturated carbocycles. The Morgan fingerprint density at radius 1 is 0.893 bits per heavy atom. The fraction of sp³-hybridized carbons (Fsp3) is 0. The Balaban J connectivity index is 1.84.